The van der Waals surface area contributed by atoms with Gasteiger partial charge in [-0.2, -0.15) is 0 Å². The van der Waals surface area contributed by atoms with Gasteiger partial charge in [-0.25, -0.2) is 0 Å². The number of piperidine rings is 1. The molecule has 0 aromatic heterocycles. The third-order valence-corrected chi connectivity index (χ3v) is 21.5. The van der Waals surface area contributed by atoms with Crippen LogP contribution >= 0.6 is 0 Å². The largest absolute Gasteiger partial charge is 0.428 e. The minimum absolute atomic E-state index is 0.0750. The van der Waals surface area contributed by atoms with Gasteiger partial charge in [-0.3, -0.25) is 0 Å². The van der Waals surface area contributed by atoms with Gasteiger partial charge in [0, 0.05) is 6.61 Å². The van der Waals surface area contributed by atoms with Crippen LogP contribution in [0.1, 0.15) is 19.3 Å². The summed E-state index contributed by atoms with van der Waals surface area (Å²) in [5.74, 6) is 0. The molecule has 0 amide bonds. The molecule has 0 bridgehead atoms. The Morgan fingerprint density at radius 1 is 1.17 bits per heavy atom. The summed E-state index contributed by atoms with van der Waals surface area (Å²) in [5.41, 5.74) is 0. The standard InChI is InChI=1S/C7H19NOSi3/c1-2-4-8(5-3-1)12-7-6-9-10-11-12/h12H,1-7,10-11H2. The van der Waals surface area contributed by atoms with Gasteiger partial charge in [0.15, 0.2) is 0 Å². The van der Waals surface area contributed by atoms with E-state index in [2.05, 4.69) is 4.57 Å². The van der Waals surface area contributed by atoms with Gasteiger partial charge in [0.1, 0.15) is 9.28 Å². The third-order valence-electron chi connectivity index (χ3n) is 3.10. The molecule has 2 fully saturated rings. The van der Waals surface area contributed by atoms with Gasteiger partial charge < -0.3 is 8.99 Å². The van der Waals surface area contributed by atoms with Crippen LogP contribution in [0.4, 0.5) is 0 Å². The van der Waals surface area contributed by atoms with Crippen molar-refractivity contribution in [2.75, 3.05) is 19.7 Å². The van der Waals surface area contributed by atoms with Gasteiger partial charge in [0.05, 0.1) is 17.0 Å². The van der Waals surface area contributed by atoms with Gasteiger partial charge in [-0.05, 0) is 32.0 Å². The van der Waals surface area contributed by atoms with E-state index < -0.39 is 0 Å². The Bertz CT molecular complexity index is 119. The quantitative estimate of drug-likeness (QED) is 0.517. The second-order valence-corrected chi connectivity index (χ2v) is 18.9. The van der Waals surface area contributed by atoms with Crippen molar-refractivity contribution in [1.82, 2.24) is 4.57 Å². The summed E-state index contributed by atoms with van der Waals surface area (Å²) in [7, 11) is 0.136. The minimum atomic E-state index is -0.299. The Balaban J connectivity index is 1.80. The van der Waals surface area contributed by atoms with Crippen LogP contribution < -0.4 is 0 Å². The SMILES string of the molecule is C1CCN([SiH]2CCO[SiH2][SiH2]2)CC1. The van der Waals surface area contributed by atoms with Crippen LogP contribution in [0.25, 0.3) is 0 Å². The molecule has 2 saturated heterocycles. The maximum atomic E-state index is 5.60. The lowest BCUT2D eigenvalue weighted by molar-refractivity contribution is 0.334. The van der Waals surface area contributed by atoms with Crippen LogP contribution in [0.15, 0.2) is 0 Å². The Morgan fingerprint density at radius 2 is 2.00 bits per heavy atom. The van der Waals surface area contributed by atoms with E-state index in [0.29, 0.717) is 8.55 Å². The van der Waals surface area contributed by atoms with Crippen molar-refractivity contribution >= 4 is 26.3 Å². The first-order valence-corrected chi connectivity index (χ1v) is 14.5. The molecule has 0 aromatic rings. The lowest BCUT2D eigenvalue weighted by Gasteiger charge is -2.35. The summed E-state index contributed by atoms with van der Waals surface area (Å²) in [6.45, 7) is 4.06. The van der Waals surface area contributed by atoms with Crippen LogP contribution in [0.5, 0.6) is 0 Å². The Kier molecular flexibility index (Phi) is 3.59. The fourth-order valence-corrected chi connectivity index (χ4v) is 21.3. The predicted molar refractivity (Wildman–Crippen MR) is 60.4 cm³/mol. The van der Waals surface area contributed by atoms with Gasteiger partial charge in [0.2, 0.25) is 0 Å². The third kappa shape index (κ3) is 2.29. The molecule has 2 aliphatic rings. The summed E-state index contributed by atoms with van der Waals surface area (Å²) in [4.78, 5) is 0. The molecule has 0 aromatic carbocycles. The maximum absolute atomic E-state index is 5.60. The van der Waals surface area contributed by atoms with E-state index in [-0.39, 0.29) is 17.8 Å². The second-order valence-electron chi connectivity index (χ2n) is 3.94. The minimum Gasteiger partial charge on any atom is -0.428 e. The molecular formula is C7H19NOSi3. The van der Waals surface area contributed by atoms with Crippen LogP contribution in [-0.2, 0) is 4.43 Å². The first kappa shape index (κ1) is 9.14. The highest BCUT2D eigenvalue weighted by Gasteiger charge is 2.24. The molecule has 2 aliphatic heterocycles. The monoisotopic (exact) mass is 217 g/mol. The molecule has 70 valence electrons. The molecule has 0 aliphatic carbocycles. The van der Waals surface area contributed by atoms with Crippen molar-refractivity contribution < 1.29 is 4.43 Å². The second kappa shape index (κ2) is 4.71. The van der Waals surface area contributed by atoms with E-state index in [0.717, 1.165) is 6.61 Å². The van der Waals surface area contributed by atoms with E-state index >= 15 is 0 Å². The van der Waals surface area contributed by atoms with Crippen molar-refractivity contribution in [2.45, 2.75) is 25.3 Å². The number of hydrogen-bond donors (Lipinski definition) is 0. The first-order valence-electron chi connectivity index (χ1n) is 5.28. The zero-order chi connectivity index (χ0) is 8.23. The maximum Gasteiger partial charge on any atom is 0.142 e. The molecule has 0 N–H and O–H groups in total. The number of hydrogen-bond acceptors (Lipinski definition) is 2. The smallest absolute Gasteiger partial charge is 0.142 e. The summed E-state index contributed by atoms with van der Waals surface area (Å²) in [5, 5.41) is 0. The zero-order valence-electron chi connectivity index (χ0n) is 7.80. The van der Waals surface area contributed by atoms with Crippen molar-refractivity contribution in [3.8, 4) is 0 Å². The fourth-order valence-electron chi connectivity index (χ4n) is 2.33. The first-order chi connectivity index (χ1) is 5.97. The van der Waals surface area contributed by atoms with E-state index in [1.807, 2.05) is 0 Å². The van der Waals surface area contributed by atoms with Crippen LogP contribution in [0.3, 0.4) is 0 Å². The number of rotatable bonds is 1. The molecule has 2 heterocycles. The highest BCUT2D eigenvalue weighted by atomic mass is 29.6. The Hall–Kier alpha value is 0.571. The molecule has 0 spiro atoms. The molecule has 1 unspecified atom stereocenters. The molecule has 0 radical (unpaired) electrons. The molecule has 1 atom stereocenters. The summed E-state index contributed by atoms with van der Waals surface area (Å²) >= 11 is 0. The predicted octanol–water partition coefficient (Wildman–Crippen LogP) is -1.11. The van der Waals surface area contributed by atoms with E-state index in [1.165, 1.54) is 38.4 Å². The summed E-state index contributed by atoms with van der Waals surface area (Å²) < 4.78 is 8.51. The average molecular weight is 217 g/mol. The number of nitrogens with zero attached hydrogens (tertiary/aromatic N) is 1. The van der Waals surface area contributed by atoms with Crippen molar-refractivity contribution in [3.05, 3.63) is 0 Å². The molecule has 2 rings (SSSR count). The summed E-state index contributed by atoms with van der Waals surface area (Å²) in [6, 6.07) is 1.50. The lowest BCUT2D eigenvalue weighted by atomic mass is 10.2. The van der Waals surface area contributed by atoms with Crippen molar-refractivity contribution in [2.24, 2.45) is 0 Å². The average Bonchev–Trinajstić information content (AvgIpc) is 2.21. The van der Waals surface area contributed by atoms with E-state index in [9.17, 15) is 0 Å². The molecule has 12 heavy (non-hydrogen) atoms. The van der Waals surface area contributed by atoms with Crippen LogP contribution in [-0.4, -0.2) is 50.6 Å². The topological polar surface area (TPSA) is 12.5 Å². The van der Waals surface area contributed by atoms with Gasteiger partial charge in [-0.15, -0.1) is 0 Å². The van der Waals surface area contributed by atoms with Gasteiger partial charge in [-0.1, -0.05) is 6.42 Å². The fraction of sp³-hybridized carbons (Fsp3) is 1.00. The molecule has 0 saturated carbocycles. The van der Waals surface area contributed by atoms with Crippen molar-refractivity contribution in [1.29, 1.82) is 0 Å². The Labute approximate surface area is 80.7 Å². The van der Waals surface area contributed by atoms with E-state index in [4.69, 9.17) is 4.43 Å². The molecule has 2 nitrogen and oxygen atoms in total. The van der Waals surface area contributed by atoms with E-state index in [1.54, 1.807) is 0 Å². The summed E-state index contributed by atoms with van der Waals surface area (Å²) in [6.07, 6.45) is 4.47. The highest BCUT2D eigenvalue weighted by molar-refractivity contribution is 7.34. The molecule has 5 heteroatoms. The van der Waals surface area contributed by atoms with Crippen LogP contribution in [0, 0.1) is 0 Å². The molecular weight excluding hydrogens is 198 g/mol. The van der Waals surface area contributed by atoms with Crippen molar-refractivity contribution in [3.63, 3.8) is 0 Å². The van der Waals surface area contributed by atoms with Gasteiger partial charge in [0.25, 0.3) is 0 Å². The highest BCUT2D eigenvalue weighted by Crippen LogP contribution is 2.13. The van der Waals surface area contributed by atoms with Crippen LogP contribution in [0.2, 0.25) is 6.04 Å². The Morgan fingerprint density at radius 3 is 2.67 bits per heavy atom. The lowest BCUT2D eigenvalue weighted by Crippen LogP contribution is -2.51. The zero-order valence-corrected chi connectivity index (χ0v) is 11.8. The van der Waals surface area contributed by atoms with Gasteiger partial charge >= 0.3 is 0 Å². The normalized spacial score (nSPS) is 37.5.